The zero-order chi connectivity index (χ0) is 24.2. The van der Waals surface area contributed by atoms with Gasteiger partial charge in [-0.15, -0.1) is 0 Å². The second kappa shape index (κ2) is 13.0. The van der Waals surface area contributed by atoms with Gasteiger partial charge in [-0.3, -0.25) is 0 Å². The summed E-state index contributed by atoms with van der Waals surface area (Å²) in [4.78, 5) is 23.5. The minimum Gasteiger partial charge on any atom is -0.493 e. The second-order valence-electron chi connectivity index (χ2n) is 7.54. The fraction of sp³-hybridized carbons (Fsp3) is 0.259. The highest BCUT2D eigenvalue weighted by molar-refractivity contribution is 5.94. The minimum atomic E-state index is -0.583. The van der Waals surface area contributed by atoms with Gasteiger partial charge in [-0.25, -0.2) is 9.59 Å². The van der Waals surface area contributed by atoms with Crippen molar-refractivity contribution in [2.75, 3.05) is 33.0 Å². The summed E-state index contributed by atoms with van der Waals surface area (Å²) in [5.74, 6) is 0.723. The van der Waals surface area contributed by atoms with Crippen LogP contribution in [0.4, 0.5) is 4.79 Å². The van der Waals surface area contributed by atoms with Gasteiger partial charge < -0.3 is 24.3 Å². The number of hydrogen-bond acceptors (Lipinski definition) is 6. The molecule has 1 amide bonds. The largest absolute Gasteiger partial charge is 0.493 e. The van der Waals surface area contributed by atoms with Crippen molar-refractivity contribution in [2.24, 2.45) is 0 Å². The Morgan fingerprint density at radius 2 is 1.50 bits per heavy atom. The summed E-state index contributed by atoms with van der Waals surface area (Å²) in [6, 6.07) is 21.3. The van der Waals surface area contributed by atoms with Crippen LogP contribution in [0.5, 0.6) is 11.5 Å². The molecule has 0 aliphatic rings. The number of carbonyl (C=O) groups is 2. The molecule has 7 nitrogen and oxygen atoms in total. The molecule has 0 spiro atoms. The number of esters is 1. The third kappa shape index (κ3) is 7.64. The van der Waals surface area contributed by atoms with E-state index in [0.717, 1.165) is 22.9 Å². The van der Waals surface area contributed by atoms with E-state index < -0.39 is 12.1 Å². The van der Waals surface area contributed by atoms with Crippen LogP contribution in [0.25, 0.3) is 10.8 Å². The quantitative estimate of drug-likeness (QED) is 0.238. The molecule has 0 aliphatic heterocycles. The van der Waals surface area contributed by atoms with Crippen LogP contribution in [0.1, 0.15) is 12.5 Å². The Bertz CT molecular complexity index is 1110. The summed E-state index contributed by atoms with van der Waals surface area (Å²) in [6.07, 6.45) is 0.217. The lowest BCUT2D eigenvalue weighted by molar-refractivity contribution is -0.140. The van der Waals surface area contributed by atoms with Crippen molar-refractivity contribution in [1.82, 2.24) is 5.32 Å². The molecule has 0 fully saturated rings. The van der Waals surface area contributed by atoms with Gasteiger partial charge in [0.15, 0.2) is 0 Å². The molecule has 7 heteroatoms. The molecule has 3 aromatic rings. The highest BCUT2D eigenvalue weighted by atomic mass is 16.6. The Morgan fingerprint density at radius 1 is 0.824 bits per heavy atom. The molecule has 34 heavy (non-hydrogen) atoms. The zero-order valence-corrected chi connectivity index (χ0v) is 19.3. The maximum atomic E-state index is 12.2. The SMILES string of the molecule is C=C(C)C(=O)OCCOCCNC(=O)Oc1ccc(OCCc2ccccc2)c2ccccc12. The van der Waals surface area contributed by atoms with E-state index in [1.54, 1.807) is 13.0 Å². The van der Waals surface area contributed by atoms with E-state index in [1.165, 1.54) is 5.56 Å². The van der Waals surface area contributed by atoms with Crippen molar-refractivity contribution >= 4 is 22.8 Å². The summed E-state index contributed by atoms with van der Waals surface area (Å²) in [5, 5.41) is 4.29. The van der Waals surface area contributed by atoms with Gasteiger partial charge >= 0.3 is 12.1 Å². The summed E-state index contributed by atoms with van der Waals surface area (Å²) in [5.41, 5.74) is 1.55. The van der Waals surface area contributed by atoms with Crippen LogP contribution in [-0.2, 0) is 20.7 Å². The molecule has 3 aromatic carbocycles. The number of nitrogens with one attached hydrogen (secondary N) is 1. The number of fused-ring (bicyclic) bond motifs is 1. The van der Waals surface area contributed by atoms with Gasteiger partial charge in [0.25, 0.3) is 0 Å². The highest BCUT2D eigenvalue weighted by Crippen LogP contribution is 2.33. The third-order valence-corrected chi connectivity index (χ3v) is 4.86. The Kier molecular flexibility index (Phi) is 9.49. The Morgan fingerprint density at radius 3 is 2.24 bits per heavy atom. The van der Waals surface area contributed by atoms with Crippen LogP contribution in [0.3, 0.4) is 0 Å². The molecule has 3 rings (SSSR count). The maximum Gasteiger partial charge on any atom is 0.412 e. The van der Waals surface area contributed by atoms with E-state index >= 15 is 0 Å². The summed E-state index contributed by atoms with van der Waals surface area (Å²) in [7, 11) is 0. The van der Waals surface area contributed by atoms with E-state index in [9.17, 15) is 9.59 Å². The topological polar surface area (TPSA) is 83.1 Å². The van der Waals surface area contributed by atoms with Gasteiger partial charge in [-0.2, -0.15) is 0 Å². The van der Waals surface area contributed by atoms with Crippen LogP contribution in [-0.4, -0.2) is 45.0 Å². The number of rotatable bonds is 12. The van der Waals surface area contributed by atoms with Crippen LogP contribution in [0.2, 0.25) is 0 Å². The fourth-order valence-corrected chi connectivity index (χ4v) is 3.16. The van der Waals surface area contributed by atoms with Gasteiger partial charge in [0.05, 0.1) is 19.8 Å². The monoisotopic (exact) mass is 463 g/mol. The minimum absolute atomic E-state index is 0.127. The van der Waals surface area contributed by atoms with Crippen LogP contribution >= 0.6 is 0 Å². The molecule has 0 saturated heterocycles. The molecule has 0 bridgehead atoms. The molecule has 178 valence electrons. The summed E-state index contributed by atoms with van der Waals surface area (Å²) in [6.45, 7) is 6.49. The van der Waals surface area contributed by atoms with Crippen molar-refractivity contribution < 1.29 is 28.5 Å². The highest BCUT2D eigenvalue weighted by Gasteiger charge is 2.11. The first-order chi connectivity index (χ1) is 16.5. The number of amides is 1. The molecule has 0 atom stereocenters. The van der Waals surface area contributed by atoms with Crippen LogP contribution in [0.15, 0.2) is 78.9 Å². The lowest BCUT2D eigenvalue weighted by atomic mass is 10.1. The van der Waals surface area contributed by atoms with Gasteiger partial charge in [-0.05, 0) is 24.6 Å². The van der Waals surface area contributed by atoms with Crippen molar-refractivity contribution in [2.45, 2.75) is 13.3 Å². The molecule has 0 radical (unpaired) electrons. The summed E-state index contributed by atoms with van der Waals surface area (Å²) < 4.78 is 21.8. The van der Waals surface area contributed by atoms with E-state index in [0.29, 0.717) is 17.9 Å². The average Bonchev–Trinajstić information content (AvgIpc) is 2.85. The first kappa shape index (κ1) is 24.8. The van der Waals surface area contributed by atoms with Gasteiger partial charge in [-0.1, -0.05) is 61.2 Å². The molecule has 0 saturated carbocycles. The standard InChI is InChI=1S/C27H29NO6/c1-20(2)26(29)33-19-18-31-17-15-28-27(30)34-25-13-12-24(22-10-6-7-11-23(22)25)32-16-14-21-8-4-3-5-9-21/h3-13H,1,14-19H2,2H3,(H,28,30). The predicted molar refractivity (Wildman–Crippen MR) is 130 cm³/mol. The second-order valence-corrected chi connectivity index (χ2v) is 7.54. The smallest absolute Gasteiger partial charge is 0.412 e. The predicted octanol–water partition coefficient (Wildman–Crippen LogP) is 4.69. The van der Waals surface area contributed by atoms with E-state index in [4.69, 9.17) is 18.9 Å². The molecule has 1 N–H and O–H groups in total. The molecule has 0 aliphatic carbocycles. The van der Waals surface area contributed by atoms with E-state index in [1.807, 2.05) is 48.5 Å². The third-order valence-electron chi connectivity index (χ3n) is 4.86. The average molecular weight is 464 g/mol. The Balaban J connectivity index is 1.46. The number of ether oxygens (including phenoxy) is 4. The molecular weight excluding hydrogens is 434 g/mol. The van der Waals surface area contributed by atoms with Crippen LogP contribution < -0.4 is 14.8 Å². The lowest BCUT2D eigenvalue weighted by Crippen LogP contribution is -2.30. The normalized spacial score (nSPS) is 10.5. The van der Waals surface area contributed by atoms with Crippen molar-refractivity contribution in [1.29, 1.82) is 0 Å². The molecular formula is C27H29NO6. The maximum absolute atomic E-state index is 12.2. The van der Waals surface area contributed by atoms with Gasteiger partial charge in [0, 0.05) is 29.3 Å². The first-order valence-corrected chi connectivity index (χ1v) is 11.1. The van der Waals surface area contributed by atoms with Crippen molar-refractivity contribution in [3.8, 4) is 11.5 Å². The Hall–Kier alpha value is -3.84. The molecule has 0 aromatic heterocycles. The van der Waals surface area contributed by atoms with Crippen molar-refractivity contribution in [3.05, 3.63) is 84.4 Å². The van der Waals surface area contributed by atoms with E-state index in [2.05, 4.69) is 24.0 Å². The summed E-state index contributed by atoms with van der Waals surface area (Å²) >= 11 is 0. The first-order valence-electron chi connectivity index (χ1n) is 11.1. The number of carbonyl (C=O) groups excluding carboxylic acids is 2. The fourth-order valence-electron chi connectivity index (χ4n) is 3.16. The molecule has 0 unspecified atom stereocenters. The zero-order valence-electron chi connectivity index (χ0n) is 19.3. The molecule has 0 heterocycles. The van der Waals surface area contributed by atoms with Gasteiger partial charge in [0.2, 0.25) is 0 Å². The van der Waals surface area contributed by atoms with E-state index in [-0.39, 0.29) is 26.4 Å². The van der Waals surface area contributed by atoms with Gasteiger partial charge in [0.1, 0.15) is 18.1 Å². The lowest BCUT2D eigenvalue weighted by Gasteiger charge is -2.13. The number of benzene rings is 3. The van der Waals surface area contributed by atoms with Crippen LogP contribution in [0, 0.1) is 0 Å². The number of hydrogen-bond donors (Lipinski definition) is 1. The Labute approximate surface area is 199 Å². The van der Waals surface area contributed by atoms with Crippen molar-refractivity contribution in [3.63, 3.8) is 0 Å².